The van der Waals surface area contributed by atoms with Crippen LogP contribution in [0.4, 0.5) is 0 Å². The Balaban J connectivity index is 3.88. The van der Waals surface area contributed by atoms with Gasteiger partial charge in [0.05, 0.1) is 0 Å². The van der Waals surface area contributed by atoms with E-state index >= 15 is 0 Å². The highest BCUT2D eigenvalue weighted by Gasteiger charge is 2.16. The molecule has 0 heterocycles. The van der Waals surface area contributed by atoms with Crippen LogP contribution in [0, 0.1) is 0 Å². The normalized spacial score (nSPS) is 11.8. The number of hydrogen-bond acceptors (Lipinski definition) is 4. The minimum absolute atomic E-state index is 0.177. The Morgan fingerprint density at radius 3 is 0.827 bits per heavy atom. The summed E-state index contributed by atoms with van der Waals surface area (Å²) in [5.74, 6) is 0.355. The third kappa shape index (κ3) is 35.9. The monoisotopic (exact) mass is 735 g/mol. The molecule has 0 radical (unpaired) electrons. The fourth-order valence-electron chi connectivity index (χ4n) is 7.28. The Kier molecular flexibility index (Phi) is 38.7. The lowest BCUT2D eigenvalue weighted by Gasteiger charge is -2.32. The first-order valence-corrected chi connectivity index (χ1v) is 23.3. The van der Waals surface area contributed by atoms with Gasteiger partial charge in [-0.05, 0) is 40.5 Å². The van der Waals surface area contributed by atoms with Gasteiger partial charge in [-0.15, -0.1) is 0 Å². The molecule has 0 fully saturated rings. The molecule has 0 unspecified atom stereocenters. The summed E-state index contributed by atoms with van der Waals surface area (Å²) < 4.78 is 0. The number of unbranched alkanes of at least 4 members (excludes halogenated alkanes) is 26. The van der Waals surface area contributed by atoms with Crippen LogP contribution in [-0.2, 0) is 9.59 Å². The number of rotatable bonds is 41. The van der Waals surface area contributed by atoms with Crippen molar-refractivity contribution < 1.29 is 9.59 Å². The summed E-state index contributed by atoms with van der Waals surface area (Å²) in [6, 6.07) is 0.780. The highest BCUT2D eigenvalue weighted by Crippen LogP contribution is 2.14. The Morgan fingerprint density at radius 1 is 0.365 bits per heavy atom. The molecule has 2 N–H and O–H groups in total. The van der Waals surface area contributed by atoms with Crippen molar-refractivity contribution in [3.05, 3.63) is 0 Å². The summed E-state index contributed by atoms with van der Waals surface area (Å²) in [7, 11) is 0. The molecule has 0 aromatic carbocycles. The fourth-order valence-corrected chi connectivity index (χ4v) is 7.28. The standard InChI is InChI=1S/C46H94N4O2/c1-7-9-11-13-15-17-19-21-23-25-27-29-31-33-37-47-45(51)35-39-49(43(3)4)41-42-50(44(5)6)40-36-46(52)48-38-34-32-30-28-26-24-22-20-18-16-14-12-10-8-2/h43-44H,7-42H2,1-6H3,(H,47,51)(H,48,52). The van der Waals surface area contributed by atoms with Crippen molar-refractivity contribution in [3.63, 3.8) is 0 Å². The molecule has 0 saturated carbocycles. The minimum Gasteiger partial charge on any atom is -0.356 e. The van der Waals surface area contributed by atoms with E-state index in [2.05, 4.69) is 62.0 Å². The lowest BCUT2D eigenvalue weighted by molar-refractivity contribution is -0.122. The van der Waals surface area contributed by atoms with Gasteiger partial charge in [0.1, 0.15) is 0 Å². The van der Waals surface area contributed by atoms with Crippen molar-refractivity contribution in [2.45, 2.75) is 246 Å². The van der Waals surface area contributed by atoms with E-state index in [0.717, 1.165) is 52.1 Å². The molecule has 0 bridgehead atoms. The van der Waals surface area contributed by atoms with Crippen molar-refractivity contribution >= 4 is 11.8 Å². The molecular formula is C46H94N4O2. The molecule has 0 aromatic heterocycles. The third-order valence-electron chi connectivity index (χ3n) is 11.1. The second-order valence-electron chi connectivity index (χ2n) is 16.7. The maximum Gasteiger partial charge on any atom is 0.221 e. The number of amides is 2. The molecule has 0 spiro atoms. The summed E-state index contributed by atoms with van der Waals surface area (Å²) in [6.45, 7) is 18.5. The molecule has 0 aromatic rings. The zero-order valence-electron chi connectivity index (χ0n) is 36.3. The second-order valence-corrected chi connectivity index (χ2v) is 16.7. The quantitative estimate of drug-likeness (QED) is 0.0614. The van der Waals surface area contributed by atoms with Gasteiger partial charge >= 0.3 is 0 Å². The molecule has 0 aliphatic heterocycles. The van der Waals surface area contributed by atoms with Crippen LogP contribution in [0.1, 0.15) is 234 Å². The van der Waals surface area contributed by atoms with E-state index in [1.807, 2.05) is 0 Å². The number of carbonyl (C=O) groups is 2. The first kappa shape index (κ1) is 50.9. The van der Waals surface area contributed by atoms with Crippen molar-refractivity contribution in [3.8, 4) is 0 Å². The minimum atomic E-state index is 0.177. The maximum atomic E-state index is 12.6. The Labute approximate surface area is 326 Å². The highest BCUT2D eigenvalue weighted by atomic mass is 16.2. The first-order chi connectivity index (χ1) is 25.3. The Bertz CT molecular complexity index is 697. The molecule has 0 aliphatic rings. The van der Waals surface area contributed by atoms with Gasteiger partial charge in [0.2, 0.25) is 11.8 Å². The predicted octanol–water partition coefficient (Wildman–Crippen LogP) is 12.4. The summed E-state index contributed by atoms with van der Waals surface area (Å²) in [5.41, 5.74) is 0. The number of nitrogens with one attached hydrogen (secondary N) is 2. The SMILES string of the molecule is CCCCCCCCCCCCCCCCNC(=O)CCN(CCN(CCC(=O)NCCCCCCCCCCCCCCCC)C(C)C)C(C)C. The molecule has 52 heavy (non-hydrogen) atoms. The average molecular weight is 735 g/mol. The molecule has 310 valence electrons. The number of nitrogens with zero attached hydrogens (tertiary/aromatic N) is 2. The summed E-state index contributed by atoms with van der Waals surface area (Å²) in [4.78, 5) is 30.0. The van der Waals surface area contributed by atoms with Crippen molar-refractivity contribution in [1.29, 1.82) is 0 Å². The van der Waals surface area contributed by atoms with Crippen LogP contribution in [0.25, 0.3) is 0 Å². The van der Waals surface area contributed by atoms with Gasteiger partial charge in [0, 0.05) is 64.2 Å². The summed E-state index contributed by atoms with van der Waals surface area (Å²) >= 11 is 0. The molecule has 0 saturated heterocycles. The van der Waals surface area contributed by atoms with E-state index < -0.39 is 0 Å². The van der Waals surface area contributed by atoms with E-state index in [0.29, 0.717) is 24.9 Å². The summed E-state index contributed by atoms with van der Waals surface area (Å²) in [5, 5.41) is 6.33. The van der Waals surface area contributed by atoms with Gasteiger partial charge in [-0.2, -0.15) is 0 Å². The summed E-state index contributed by atoms with van der Waals surface area (Å²) in [6.07, 6.45) is 39.1. The van der Waals surface area contributed by atoms with Crippen LogP contribution in [0.3, 0.4) is 0 Å². The Morgan fingerprint density at radius 2 is 0.596 bits per heavy atom. The smallest absolute Gasteiger partial charge is 0.221 e. The molecule has 2 amide bonds. The molecule has 0 atom stereocenters. The highest BCUT2D eigenvalue weighted by molar-refractivity contribution is 5.76. The van der Waals surface area contributed by atoms with Gasteiger partial charge < -0.3 is 10.6 Å². The third-order valence-corrected chi connectivity index (χ3v) is 11.1. The van der Waals surface area contributed by atoms with Gasteiger partial charge in [0.15, 0.2) is 0 Å². The Hall–Kier alpha value is -1.14. The van der Waals surface area contributed by atoms with Crippen LogP contribution in [0.5, 0.6) is 0 Å². The van der Waals surface area contributed by atoms with Gasteiger partial charge in [-0.1, -0.05) is 181 Å². The van der Waals surface area contributed by atoms with Crippen LogP contribution in [0.2, 0.25) is 0 Å². The molecular weight excluding hydrogens is 641 g/mol. The number of carbonyl (C=O) groups excluding carboxylic acids is 2. The van der Waals surface area contributed by atoms with E-state index in [-0.39, 0.29) is 11.8 Å². The zero-order chi connectivity index (χ0) is 38.3. The molecule has 6 nitrogen and oxygen atoms in total. The van der Waals surface area contributed by atoms with E-state index in [1.165, 1.54) is 167 Å². The van der Waals surface area contributed by atoms with Crippen molar-refractivity contribution in [1.82, 2.24) is 20.4 Å². The largest absolute Gasteiger partial charge is 0.356 e. The van der Waals surface area contributed by atoms with E-state index in [4.69, 9.17) is 0 Å². The van der Waals surface area contributed by atoms with Crippen LogP contribution in [-0.4, -0.2) is 73.0 Å². The predicted molar refractivity (Wildman–Crippen MR) is 229 cm³/mol. The second kappa shape index (κ2) is 39.6. The molecule has 6 heteroatoms. The van der Waals surface area contributed by atoms with Gasteiger partial charge in [0.25, 0.3) is 0 Å². The van der Waals surface area contributed by atoms with Crippen LogP contribution in [0.15, 0.2) is 0 Å². The van der Waals surface area contributed by atoms with E-state index in [1.54, 1.807) is 0 Å². The first-order valence-electron chi connectivity index (χ1n) is 23.3. The lowest BCUT2D eigenvalue weighted by Crippen LogP contribution is -2.43. The molecule has 0 aliphatic carbocycles. The lowest BCUT2D eigenvalue weighted by atomic mass is 10.0. The topological polar surface area (TPSA) is 64.7 Å². The van der Waals surface area contributed by atoms with Crippen LogP contribution >= 0.6 is 0 Å². The average Bonchev–Trinajstić information content (AvgIpc) is 3.12. The van der Waals surface area contributed by atoms with Crippen LogP contribution < -0.4 is 10.6 Å². The molecule has 0 rings (SSSR count). The van der Waals surface area contributed by atoms with Crippen molar-refractivity contribution in [2.75, 3.05) is 39.3 Å². The number of hydrogen-bond donors (Lipinski definition) is 2. The van der Waals surface area contributed by atoms with Gasteiger partial charge in [-0.3, -0.25) is 19.4 Å². The van der Waals surface area contributed by atoms with Crippen molar-refractivity contribution in [2.24, 2.45) is 0 Å². The van der Waals surface area contributed by atoms with Gasteiger partial charge in [-0.25, -0.2) is 0 Å². The zero-order valence-corrected chi connectivity index (χ0v) is 36.3. The maximum absolute atomic E-state index is 12.6. The van der Waals surface area contributed by atoms with E-state index in [9.17, 15) is 9.59 Å². The fraction of sp³-hybridized carbons (Fsp3) is 0.957.